The average molecular weight is 599 g/mol. The molecule has 1 heterocycles. The quantitative estimate of drug-likeness (QED) is 0.267. The lowest BCUT2D eigenvalue weighted by atomic mass is 9.81. The fraction of sp³-hybridized carbons (Fsp3) is 0.375. The van der Waals surface area contributed by atoms with Gasteiger partial charge in [0.15, 0.2) is 11.4 Å². The number of carbonyl (C=O) groups is 3. The lowest BCUT2D eigenvalue weighted by Gasteiger charge is -2.38. The molecule has 2 aromatic carbocycles. The molecule has 0 spiro atoms. The number of nitrogens with one attached hydrogen (secondary N) is 1. The summed E-state index contributed by atoms with van der Waals surface area (Å²) in [5, 5.41) is 2.52. The molecule has 43 heavy (non-hydrogen) atoms. The lowest BCUT2D eigenvalue weighted by Crippen LogP contribution is -2.46. The third kappa shape index (κ3) is 9.31. The first-order valence-electron chi connectivity index (χ1n) is 13.7. The summed E-state index contributed by atoms with van der Waals surface area (Å²) >= 11 is 0. The van der Waals surface area contributed by atoms with Crippen LogP contribution >= 0.6 is 0 Å². The highest BCUT2D eigenvalue weighted by atomic mass is 19.1. The number of aromatic nitrogens is 1. The molecule has 1 aromatic heterocycles. The van der Waals surface area contributed by atoms with Gasteiger partial charge in [0.2, 0.25) is 5.75 Å². The van der Waals surface area contributed by atoms with Crippen LogP contribution in [0.25, 0.3) is 0 Å². The molecule has 1 N–H and O–H groups in total. The molecule has 0 fully saturated rings. The van der Waals surface area contributed by atoms with Gasteiger partial charge in [-0.15, -0.1) is 0 Å². The summed E-state index contributed by atoms with van der Waals surface area (Å²) in [5.74, 6) is -3.40. The van der Waals surface area contributed by atoms with Crippen LogP contribution in [0.3, 0.4) is 0 Å². The van der Waals surface area contributed by atoms with E-state index in [1.165, 1.54) is 57.5 Å². The number of hydrogen-bond acceptors (Lipinski definition) is 8. The Labute approximate surface area is 249 Å². The molecule has 11 heteroatoms. The van der Waals surface area contributed by atoms with Crippen LogP contribution in [0.4, 0.5) is 8.78 Å². The predicted molar refractivity (Wildman–Crippen MR) is 153 cm³/mol. The Bertz CT molecular complexity index is 1410. The lowest BCUT2D eigenvalue weighted by molar-refractivity contribution is -0.162. The van der Waals surface area contributed by atoms with Crippen molar-refractivity contribution in [2.24, 2.45) is 5.92 Å². The van der Waals surface area contributed by atoms with Crippen molar-refractivity contribution < 1.29 is 42.1 Å². The number of benzene rings is 2. The number of esters is 2. The molecule has 3 atom stereocenters. The van der Waals surface area contributed by atoms with E-state index in [9.17, 15) is 23.2 Å². The fourth-order valence-corrected chi connectivity index (χ4v) is 4.50. The smallest absolute Gasteiger partial charge is 0.328 e. The van der Waals surface area contributed by atoms with E-state index in [2.05, 4.69) is 10.3 Å². The molecule has 0 radical (unpaired) electrons. The van der Waals surface area contributed by atoms with Crippen molar-refractivity contribution in [2.45, 2.75) is 65.4 Å². The first kappa shape index (κ1) is 33.1. The molecule has 9 nitrogen and oxygen atoms in total. The molecule has 230 valence electrons. The Hall–Kier alpha value is -4.38. The molecule has 0 aliphatic carbocycles. The second-order valence-corrected chi connectivity index (χ2v) is 10.6. The van der Waals surface area contributed by atoms with Gasteiger partial charge in [-0.05, 0) is 69.5 Å². The number of nitrogens with zero attached hydrogens (tertiary/aromatic N) is 1. The molecule has 0 unspecified atom stereocenters. The van der Waals surface area contributed by atoms with Crippen LogP contribution < -0.4 is 14.8 Å². The van der Waals surface area contributed by atoms with E-state index in [0.717, 1.165) is 11.1 Å². The van der Waals surface area contributed by atoms with E-state index in [0.29, 0.717) is 6.42 Å². The third-order valence-corrected chi connectivity index (χ3v) is 6.90. The summed E-state index contributed by atoms with van der Waals surface area (Å²) in [5.41, 5.74) is 0.455. The number of amides is 1. The number of halogens is 2. The largest absolute Gasteiger partial charge is 0.493 e. The number of pyridine rings is 1. The van der Waals surface area contributed by atoms with Gasteiger partial charge in [0, 0.05) is 25.1 Å². The Kier molecular flexibility index (Phi) is 11.3. The van der Waals surface area contributed by atoms with E-state index < -0.39 is 41.5 Å². The summed E-state index contributed by atoms with van der Waals surface area (Å²) in [6.07, 6.45) is 0.970. The SMILES string of the molecule is COc1ccnc(C(=O)N[C@@H](C)C(=O)O[C@@H](C)[C@H](Cc2ccc(F)cc2)C(C)(C)OCc2ccc(F)cc2)c1OC(C)=O. The molecule has 0 saturated heterocycles. The molecule has 3 rings (SSSR count). The number of methoxy groups -OCH3 is 1. The van der Waals surface area contributed by atoms with E-state index in [1.807, 2.05) is 13.8 Å². The maximum Gasteiger partial charge on any atom is 0.328 e. The van der Waals surface area contributed by atoms with Crippen molar-refractivity contribution in [2.75, 3.05) is 7.11 Å². The Morgan fingerprint density at radius 2 is 1.51 bits per heavy atom. The van der Waals surface area contributed by atoms with E-state index >= 15 is 0 Å². The highest BCUT2D eigenvalue weighted by Crippen LogP contribution is 2.32. The minimum Gasteiger partial charge on any atom is -0.493 e. The van der Waals surface area contributed by atoms with Gasteiger partial charge >= 0.3 is 11.9 Å². The first-order valence-corrected chi connectivity index (χ1v) is 13.7. The molecule has 0 aliphatic rings. The van der Waals surface area contributed by atoms with E-state index in [1.54, 1.807) is 31.2 Å². The molecule has 3 aromatic rings. The van der Waals surface area contributed by atoms with Gasteiger partial charge in [0.05, 0.1) is 19.3 Å². The number of ether oxygens (including phenoxy) is 4. The van der Waals surface area contributed by atoms with Crippen LogP contribution in [-0.2, 0) is 32.1 Å². The van der Waals surface area contributed by atoms with Crippen LogP contribution in [-0.4, -0.2) is 47.7 Å². The van der Waals surface area contributed by atoms with Gasteiger partial charge < -0.3 is 24.3 Å². The first-order chi connectivity index (χ1) is 20.3. The van der Waals surface area contributed by atoms with Crippen LogP contribution in [0.5, 0.6) is 11.5 Å². The average Bonchev–Trinajstić information content (AvgIpc) is 2.96. The van der Waals surface area contributed by atoms with Crippen molar-refractivity contribution in [1.29, 1.82) is 0 Å². The van der Waals surface area contributed by atoms with Crippen LogP contribution in [0.15, 0.2) is 60.8 Å². The topological polar surface area (TPSA) is 113 Å². The summed E-state index contributed by atoms with van der Waals surface area (Å²) in [4.78, 5) is 41.7. The standard InChI is InChI=1S/C32H36F2N2O7/c1-19(36-30(38)28-29(43-21(3)37)27(40-6)15-16-35-28)31(39)42-20(2)26(17-22-7-11-24(33)12-8-22)32(4,5)41-18-23-9-13-25(34)14-10-23/h7-16,19-20,26H,17-18H2,1-6H3,(H,36,38)/t19-,20-,26-/m0/s1. The molecule has 1 amide bonds. The third-order valence-electron chi connectivity index (χ3n) is 6.90. The number of rotatable bonds is 13. The number of carbonyl (C=O) groups excluding carboxylic acids is 3. The van der Waals surface area contributed by atoms with Crippen molar-refractivity contribution in [3.05, 3.63) is 89.2 Å². The highest BCUT2D eigenvalue weighted by Gasteiger charge is 2.38. The van der Waals surface area contributed by atoms with Gasteiger partial charge in [0.25, 0.3) is 5.91 Å². The van der Waals surface area contributed by atoms with Crippen LogP contribution in [0.2, 0.25) is 0 Å². The summed E-state index contributed by atoms with van der Waals surface area (Å²) in [6.45, 7) is 8.22. The molecular formula is C32H36F2N2O7. The normalized spacial score (nSPS) is 13.4. The Balaban J connectivity index is 1.76. The highest BCUT2D eigenvalue weighted by molar-refractivity contribution is 5.98. The van der Waals surface area contributed by atoms with Crippen LogP contribution in [0, 0.1) is 17.6 Å². The second-order valence-electron chi connectivity index (χ2n) is 10.6. The van der Waals surface area contributed by atoms with Crippen molar-refractivity contribution in [1.82, 2.24) is 10.3 Å². The zero-order chi connectivity index (χ0) is 31.7. The predicted octanol–water partition coefficient (Wildman–Crippen LogP) is 5.20. The minimum atomic E-state index is -1.11. The zero-order valence-electron chi connectivity index (χ0n) is 25.0. The Morgan fingerprint density at radius 1 is 0.930 bits per heavy atom. The monoisotopic (exact) mass is 598 g/mol. The van der Waals surface area contributed by atoms with Crippen molar-refractivity contribution >= 4 is 17.8 Å². The van der Waals surface area contributed by atoms with Crippen molar-refractivity contribution in [3.8, 4) is 11.5 Å². The zero-order valence-corrected chi connectivity index (χ0v) is 25.0. The molecule has 0 bridgehead atoms. The number of hydrogen-bond donors (Lipinski definition) is 1. The summed E-state index contributed by atoms with van der Waals surface area (Å²) < 4.78 is 49.3. The van der Waals surface area contributed by atoms with Gasteiger partial charge in [-0.2, -0.15) is 0 Å². The van der Waals surface area contributed by atoms with Gasteiger partial charge in [-0.25, -0.2) is 18.6 Å². The van der Waals surface area contributed by atoms with Crippen LogP contribution in [0.1, 0.15) is 56.2 Å². The van der Waals surface area contributed by atoms with Gasteiger partial charge in [-0.3, -0.25) is 9.59 Å². The molecular weight excluding hydrogens is 562 g/mol. The molecule has 0 saturated carbocycles. The molecule has 0 aliphatic heterocycles. The van der Waals surface area contributed by atoms with Gasteiger partial charge in [-0.1, -0.05) is 24.3 Å². The second kappa shape index (κ2) is 14.7. The Morgan fingerprint density at radius 3 is 2.07 bits per heavy atom. The summed E-state index contributed by atoms with van der Waals surface area (Å²) in [7, 11) is 1.35. The summed E-state index contributed by atoms with van der Waals surface area (Å²) in [6, 6.07) is 12.3. The minimum absolute atomic E-state index is 0.116. The maximum absolute atomic E-state index is 13.6. The van der Waals surface area contributed by atoms with E-state index in [4.69, 9.17) is 18.9 Å². The van der Waals surface area contributed by atoms with E-state index in [-0.39, 0.29) is 35.4 Å². The maximum atomic E-state index is 13.6. The fourth-order valence-electron chi connectivity index (χ4n) is 4.50. The van der Waals surface area contributed by atoms with Gasteiger partial charge in [0.1, 0.15) is 23.8 Å². The van der Waals surface area contributed by atoms with Crippen molar-refractivity contribution in [3.63, 3.8) is 0 Å².